The molecule has 0 spiro atoms. The number of nitrogen functional groups attached to an aromatic ring is 1. The van der Waals surface area contributed by atoms with Gasteiger partial charge >= 0.3 is 0 Å². The third-order valence-electron chi connectivity index (χ3n) is 3.23. The van der Waals surface area contributed by atoms with Gasteiger partial charge in [-0.25, -0.2) is 4.98 Å². The minimum atomic E-state index is 0.250. The average molecular weight is 237 g/mol. The van der Waals surface area contributed by atoms with Crippen LogP contribution in [0, 0.1) is 0 Å². The summed E-state index contributed by atoms with van der Waals surface area (Å²) < 4.78 is 0. The lowest BCUT2D eigenvalue weighted by Crippen LogP contribution is -1.97. The summed E-state index contributed by atoms with van der Waals surface area (Å²) in [6, 6.07) is 16.1. The predicted octanol–water partition coefficient (Wildman–Crippen LogP) is 3.30. The molecule has 3 nitrogen and oxygen atoms in total. The molecule has 0 amide bonds. The molecule has 90 valence electrons. The second-order valence-corrected chi connectivity index (χ2v) is 4.53. The van der Waals surface area contributed by atoms with Gasteiger partial charge in [0.1, 0.15) is 5.82 Å². The van der Waals surface area contributed by atoms with Gasteiger partial charge in [0.25, 0.3) is 0 Å². The molecular formula is C15H15N3. The maximum atomic E-state index is 5.77. The molecule has 1 unspecified atom stereocenters. The molecule has 0 aliphatic rings. The SMILES string of the molecule is CC(c1ccccc1)c1nc2ccc(N)cc2[nH]1. The summed E-state index contributed by atoms with van der Waals surface area (Å²) in [5.41, 5.74) is 9.73. The highest BCUT2D eigenvalue weighted by molar-refractivity contribution is 5.78. The number of anilines is 1. The Hall–Kier alpha value is -2.29. The van der Waals surface area contributed by atoms with E-state index in [1.165, 1.54) is 5.56 Å². The molecule has 1 aromatic heterocycles. The fourth-order valence-corrected chi connectivity index (χ4v) is 2.15. The van der Waals surface area contributed by atoms with Gasteiger partial charge < -0.3 is 10.7 Å². The summed E-state index contributed by atoms with van der Waals surface area (Å²) in [4.78, 5) is 7.96. The van der Waals surface area contributed by atoms with Crippen LogP contribution in [-0.2, 0) is 0 Å². The van der Waals surface area contributed by atoms with E-state index >= 15 is 0 Å². The molecule has 0 aliphatic heterocycles. The molecule has 3 rings (SSSR count). The highest BCUT2D eigenvalue weighted by atomic mass is 14.9. The van der Waals surface area contributed by atoms with Crippen LogP contribution in [0.3, 0.4) is 0 Å². The summed E-state index contributed by atoms with van der Waals surface area (Å²) >= 11 is 0. The lowest BCUT2D eigenvalue weighted by Gasteiger charge is -2.07. The molecule has 3 N–H and O–H groups in total. The number of benzene rings is 2. The Kier molecular flexibility index (Phi) is 2.52. The van der Waals surface area contributed by atoms with Crippen molar-refractivity contribution >= 4 is 16.7 Å². The van der Waals surface area contributed by atoms with Crippen LogP contribution in [0.25, 0.3) is 11.0 Å². The van der Waals surface area contributed by atoms with Gasteiger partial charge in [-0.05, 0) is 23.8 Å². The smallest absolute Gasteiger partial charge is 0.114 e. The first-order valence-corrected chi connectivity index (χ1v) is 6.04. The Morgan fingerprint density at radius 1 is 1.11 bits per heavy atom. The van der Waals surface area contributed by atoms with Crippen LogP contribution in [-0.4, -0.2) is 9.97 Å². The molecule has 0 saturated heterocycles. The third kappa shape index (κ3) is 1.84. The number of imidazole rings is 1. The Balaban J connectivity index is 2.04. The molecule has 0 radical (unpaired) electrons. The zero-order chi connectivity index (χ0) is 12.5. The molecule has 0 bridgehead atoms. The summed E-state index contributed by atoms with van der Waals surface area (Å²) in [7, 11) is 0. The quantitative estimate of drug-likeness (QED) is 0.672. The van der Waals surface area contributed by atoms with E-state index in [0.717, 1.165) is 22.5 Å². The van der Waals surface area contributed by atoms with E-state index in [9.17, 15) is 0 Å². The number of fused-ring (bicyclic) bond motifs is 1. The average Bonchev–Trinajstić information content (AvgIpc) is 2.81. The zero-order valence-electron chi connectivity index (χ0n) is 10.2. The Bertz CT molecular complexity index is 671. The van der Waals surface area contributed by atoms with Crippen molar-refractivity contribution < 1.29 is 0 Å². The number of hydrogen-bond acceptors (Lipinski definition) is 2. The molecule has 18 heavy (non-hydrogen) atoms. The van der Waals surface area contributed by atoms with Crippen molar-refractivity contribution in [2.75, 3.05) is 5.73 Å². The number of nitrogens with two attached hydrogens (primary N) is 1. The van der Waals surface area contributed by atoms with Crippen LogP contribution in [0.2, 0.25) is 0 Å². The van der Waals surface area contributed by atoms with Gasteiger partial charge in [-0.15, -0.1) is 0 Å². The first-order valence-electron chi connectivity index (χ1n) is 6.04. The van der Waals surface area contributed by atoms with Crippen molar-refractivity contribution in [1.29, 1.82) is 0 Å². The lowest BCUT2D eigenvalue weighted by molar-refractivity contribution is 0.846. The molecule has 1 heterocycles. The summed E-state index contributed by atoms with van der Waals surface area (Å²) in [5.74, 6) is 1.22. The number of nitrogens with one attached hydrogen (secondary N) is 1. The van der Waals surface area contributed by atoms with Gasteiger partial charge in [0, 0.05) is 11.6 Å². The highest BCUT2D eigenvalue weighted by Gasteiger charge is 2.12. The minimum absolute atomic E-state index is 0.250. The Morgan fingerprint density at radius 3 is 2.67 bits per heavy atom. The summed E-state index contributed by atoms with van der Waals surface area (Å²) in [5, 5.41) is 0. The maximum absolute atomic E-state index is 5.77. The van der Waals surface area contributed by atoms with Gasteiger partial charge in [0.2, 0.25) is 0 Å². The van der Waals surface area contributed by atoms with Crippen molar-refractivity contribution in [2.24, 2.45) is 0 Å². The van der Waals surface area contributed by atoms with Crippen molar-refractivity contribution in [3.05, 3.63) is 59.9 Å². The number of nitrogens with zero attached hydrogens (tertiary/aromatic N) is 1. The van der Waals surface area contributed by atoms with Gasteiger partial charge in [-0.1, -0.05) is 37.3 Å². The van der Waals surface area contributed by atoms with E-state index in [4.69, 9.17) is 5.73 Å². The Morgan fingerprint density at radius 2 is 1.89 bits per heavy atom. The van der Waals surface area contributed by atoms with Crippen LogP contribution in [0.4, 0.5) is 5.69 Å². The number of hydrogen-bond donors (Lipinski definition) is 2. The van der Waals surface area contributed by atoms with E-state index in [1.807, 2.05) is 36.4 Å². The van der Waals surface area contributed by atoms with Gasteiger partial charge in [0.05, 0.1) is 11.0 Å². The number of rotatable bonds is 2. The molecule has 2 aromatic carbocycles. The van der Waals surface area contributed by atoms with Gasteiger partial charge in [-0.3, -0.25) is 0 Å². The second-order valence-electron chi connectivity index (χ2n) is 4.53. The standard InChI is InChI=1S/C15H15N3/c1-10(11-5-3-2-4-6-11)15-17-13-8-7-12(16)9-14(13)18-15/h2-10H,16H2,1H3,(H,17,18). The maximum Gasteiger partial charge on any atom is 0.114 e. The van der Waals surface area contributed by atoms with E-state index in [1.54, 1.807) is 0 Å². The fraction of sp³-hybridized carbons (Fsp3) is 0.133. The minimum Gasteiger partial charge on any atom is -0.399 e. The molecular weight excluding hydrogens is 222 g/mol. The van der Waals surface area contributed by atoms with Crippen LogP contribution >= 0.6 is 0 Å². The number of aromatic nitrogens is 2. The number of aromatic amines is 1. The topological polar surface area (TPSA) is 54.7 Å². The summed E-state index contributed by atoms with van der Waals surface area (Å²) in [6.45, 7) is 2.15. The van der Waals surface area contributed by atoms with Crippen molar-refractivity contribution in [3.8, 4) is 0 Å². The zero-order valence-corrected chi connectivity index (χ0v) is 10.2. The first kappa shape index (κ1) is 10.8. The molecule has 0 fully saturated rings. The Labute approximate surface area is 106 Å². The fourth-order valence-electron chi connectivity index (χ4n) is 2.15. The number of H-pyrrole nitrogens is 1. The van der Waals surface area contributed by atoms with Gasteiger partial charge in [0.15, 0.2) is 0 Å². The molecule has 1 atom stereocenters. The predicted molar refractivity (Wildman–Crippen MR) is 74.5 cm³/mol. The van der Waals surface area contributed by atoms with Crippen molar-refractivity contribution in [2.45, 2.75) is 12.8 Å². The molecule has 0 aliphatic carbocycles. The van der Waals surface area contributed by atoms with E-state index in [-0.39, 0.29) is 5.92 Å². The second kappa shape index (κ2) is 4.18. The summed E-state index contributed by atoms with van der Waals surface area (Å²) in [6.07, 6.45) is 0. The van der Waals surface area contributed by atoms with Crippen LogP contribution in [0.1, 0.15) is 24.2 Å². The molecule has 3 aromatic rings. The molecule has 3 heteroatoms. The van der Waals surface area contributed by atoms with Crippen molar-refractivity contribution in [3.63, 3.8) is 0 Å². The highest BCUT2D eigenvalue weighted by Crippen LogP contribution is 2.24. The lowest BCUT2D eigenvalue weighted by atomic mass is 10.0. The largest absolute Gasteiger partial charge is 0.399 e. The monoisotopic (exact) mass is 237 g/mol. The van der Waals surface area contributed by atoms with E-state index in [2.05, 4.69) is 29.0 Å². The van der Waals surface area contributed by atoms with Crippen LogP contribution < -0.4 is 5.73 Å². The van der Waals surface area contributed by atoms with Gasteiger partial charge in [-0.2, -0.15) is 0 Å². The first-order chi connectivity index (χ1) is 8.74. The van der Waals surface area contributed by atoms with Crippen LogP contribution in [0.15, 0.2) is 48.5 Å². The molecule has 0 saturated carbocycles. The third-order valence-corrected chi connectivity index (χ3v) is 3.23. The van der Waals surface area contributed by atoms with E-state index in [0.29, 0.717) is 0 Å². The normalized spacial score (nSPS) is 12.7. The van der Waals surface area contributed by atoms with Crippen LogP contribution in [0.5, 0.6) is 0 Å². The van der Waals surface area contributed by atoms with Crippen molar-refractivity contribution in [1.82, 2.24) is 9.97 Å². The van der Waals surface area contributed by atoms with E-state index < -0.39 is 0 Å².